The number of ketones is 1. The molecular weight excluding hydrogens is 1290 g/mol. The van der Waals surface area contributed by atoms with Gasteiger partial charge in [-0.25, -0.2) is 34.7 Å². The molecule has 8 rings (SSSR count). The Labute approximate surface area is 473 Å². The Morgan fingerprint density at radius 2 is 0.959 bits per heavy atom. The maximum atomic E-state index is 11.7. The number of nitrogens with one attached hydrogen (secondary N) is 2. The molecule has 0 spiro atoms. The third-order valence-electron chi connectivity index (χ3n) is 9.61. The summed E-state index contributed by atoms with van der Waals surface area (Å²) in [6.07, 6.45) is 9.38. The number of carboxylic acids is 1. The molecule has 74 heavy (non-hydrogen) atoms. The molecule has 3 N–H and O–H groups in total. The first-order chi connectivity index (χ1) is 35.1. The summed E-state index contributed by atoms with van der Waals surface area (Å²) in [5.74, 6) is -1.09. The van der Waals surface area contributed by atoms with Gasteiger partial charge in [-0.1, -0.05) is 77.1 Å². The fourth-order valence-corrected chi connectivity index (χ4v) is 9.81. The number of hydrogen-bond acceptors (Lipinski definition) is 12. The van der Waals surface area contributed by atoms with Gasteiger partial charge < -0.3 is 10.4 Å². The van der Waals surface area contributed by atoms with Crippen LogP contribution in [0, 0.1) is 0 Å². The van der Waals surface area contributed by atoms with E-state index in [1.807, 2.05) is 37.3 Å². The normalized spacial score (nSPS) is 10.3. The molecule has 8 aromatic rings. The fraction of sp³-hybridized carbons (Fsp3) is 0.137. The number of Topliss-reactive ketones (excluding diaryl/α,β-unsaturated/α-hetero) is 1. The van der Waals surface area contributed by atoms with Gasteiger partial charge in [0.1, 0.15) is 27.0 Å². The molecule has 0 aliphatic rings. The summed E-state index contributed by atoms with van der Waals surface area (Å²) in [6.45, 7) is 1.82. The molecule has 0 atom stereocenters. The average molecular weight is 1330 g/mol. The Morgan fingerprint density at radius 1 is 0.500 bits per heavy atom. The van der Waals surface area contributed by atoms with Gasteiger partial charge in [-0.3, -0.25) is 14.6 Å². The number of carbonyl (C=O) groups excluding carboxylic acids is 3. The smallest absolute Gasteiger partial charge is 0.337 e. The number of rotatable bonds is 9. The van der Waals surface area contributed by atoms with Crippen LogP contribution in [0.3, 0.4) is 0 Å². The maximum absolute atomic E-state index is 11.7. The predicted molar refractivity (Wildman–Crippen MR) is 303 cm³/mol. The molecule has 0 aliphatic carbocycles. The van der Waals surface area contributed by atoms with Crippen LogP contribution in [0.4, 0.5) is 0 Å². The van der Waals surface area contributed by atoms with Crippen LogP contribution < -0.4 is 14.3 Å². The minimum atomic E-state index is -2.05. The van der Waals surface area contributed by atoms with Crippen molar-refractivity contribution in [1.29, 1.82) is 0 Å². The number of halogens is 7. The molecule has 0 bridgehead atoms. The first-order valence-electron chi connectivity index (χ1n) is 21.7. The number of hydrogen-bond donors (Lipinski definition) is 3. The van der Waals surface area contributed by atoms with Crippen LogP contribution in [-0.4, -0.2) is 101 Å². The van der Waals surface area contributed by atoms with Crippen LogP contribution in [0.1, 0.15) is 54.8 Å². The van der Waals surface area contributed by atoms with Crippen molar-refractivity contribution < 1.29 is 24.3 Å². The molecular formula is C51H45Br2Cl5N10O5Sn. The van der Waals surface area contributed by atoms with E-state index < -0.39 is 24.3 Å². The Balaban J connectivity index is 0.000000209. The quantitative estimate of drug-likeness (QED) is 0.0531. The van der Waals surface area contributed by atoms with E-state index in [9.17, 15) is 19.2 Å². The molecule has 2 amide bonds. The molecule has 0 saturated heterocycles. The number of carboxylic acid groups (broad SMARTS) is 1. The Kier molecular flexibility index (Phi) is 24.9. The predicted octanol–water partition coefficient (Wildman–Crippen LogP) is 12.9. The number of carbonyl (C=O) groups is 4. The van der Waals surface area contributed by atoms with Crippen molar-refractivity contribution in [3.8, 4) is 33.9 Å². The van der Waals surface area contributed by atoms with E-state index in [0.717, 1.165) is 15.7 Å². The largest absolute Gasteiger partial charge is 0.478 e. The minimum Gasteiger partial charge on any atom is -0.478 e. The monoisotopic (exact) mass is 1330 g/mol. The van der Waals surface area contributed by atoms with E-state index in [4.69, 9.17) is 63.1 Å². The fourth-order valence-electron chi connectivity index (χ4n) is 5.65. The van der Waals surface area contributed by atoms with Crippen LogP contribution in [0.5, 0.6) is 0 Å². The Hall–Kier alpha value is -5.51. The molecule has 15 nitrogen and oxygen atoms in total. The van der Waals surface area contributed by atoms with Crippen LogP contribution in [0.25, 0.3) is 33.9 Å². The van der Waals surface area contributed by atoms with E-state index in [1.165, 1.54) is 34.8 Å². The molecule has 6 heterocycles. The summed E-state index contributed by atoms with van der Waals surface area (Å²) in [6, 6.07) is 28.0. The molecule has 0 aliphatic heterocycles. The van der Waals surface area contributed by atoms with E-state index in [0.29, 0.717) is 75.7 Å². The van der Waals surface area contributed by atoms with Crippen molar-refractivity contribution in [3.63, 3.8) is 0 Å². The molecule has 382 valence electrons. The van der Waals surface area contributed by atoms with Gasteiger partial charge in [-0.2, -0.15) is 0 Å². The van der Waals surface area contributed by atoms with Gasteiger partial charge in [0, 0.05) is 54.8 Å². The number of pyridine rings is 4. The first-order valence-corrected chi connectivity index (χ1v) is 35.2. The van der Waals surface area contributed by atoms with Crippen LogP contribution >= 0.6 is 89.9 Å². The van der Waals surface area contributed by atoms with E-state index >= 15 is 0 Å². The van der Waals surface area contributed by atoms with Crippen molar-refractivity contribution in [2.45, 2.75) is 28.2 Å². The van der Waals surface area contributed by atoms with E-state index in [-0.39, 0.29) is 23.2 Å². The van der Waals surface area contributed by atoms with Crippen molar-refractivity contribution in [1.82, 2.24) is 50.5 Å². The van der Waals surface area contributed by atoms with Crippen LogP contribution in [0.2, 0.25) is 40.1 Å². The number of aromatic carboxylic acids is 1. The molecule has 6 aromatic heterocycles. The number of nitrogens with zero attached hydrogens (tertiary/aromatic N) is 8. The summed E-state index contributed by atoms with van der Waals surface area (Å²) >= 11 is 33.7. The van der Waals surface area contributed by atoms with E-state index in [2.05, 4.69) is 97.2 Å². The molecule has 2 aromatic carbocycles. The Morgan fingerprint density at radius 3 is 1.36 bits per heavy atom. The van der Waals surface area contributed by atoms with Gasteiger partial charge in [0.05, 0.1) is 54.0 Å². The zero-order valence-corrected chi connectivity index (χ0v) is 50.0. The number of aromatic nitrogens is 8. The van der Waals surface area contributed by atoms with Crippen molar-refractivity contribution in [2.75, 3.05) is 14.1 Å². The number of amides is 2. The molecule has 0 unspecified atom stereocenters. The molecule has 0 saturated carbocycles. The topological polar surface area (TPSA) is 216 Å². The molecule has 0 fully saturated rings. The van der Waals surface area contributed by atoms with Crippen LogP contribution in [0.15, 0.2) is 144 Å². The third-order valence-corrected chi connectivity index (χ3v) is 17.5. The first kappa shape index (κ1) is 61.0. The van der Waals surface area contributed by atoms with Crippen molar-refractivity contribution in [2.24, 2.45) is 0 Å². The van der Waals surface area contributed by atoms with Gasteiger partial charge in [0.25, 0.3) is 5.91 Å². The summed E-state index contributed by atoms with van der Waals surface area (Å²) in [4.78, 5) is 83.8. The number of benzene rings is 2. The summed E-state index contributed by atoms with van der Waals surface area (Å²) in [5, 5.41) is 15.9. The second-order valence-electron chi connectivity index (χ2n) is 15.9. The van der Waals surface area contributed by atoms with Crippen molar-refractivity contribution in [3.05, 3.63) is 191 Å². The minimum absolute atomic E-state index is 0.0632. The molecule has 0 radical (unpaired) electrons. The molecule has 23 heteroatoms. The zero-order valence-electron chi connectivity index (χ0n) is 40.2. The van der Waals surface area contributed by atoms with Gasteiger partial charge in [-0.15, -0.1) is 0 Å². The van der Waals surface area contributed by atoms with Crippen molar-refractivity contribution >= 4 is 136 Å². The summed E-state index contributed by atoms with van der Waals surface area (Å²) in [5.41, 5.74) is 6.46. The second kappa shape index (κ2) is 30.1. The summed E-state index contributed by atoms with van der Waals surface area (Å²) in [7, 11) is 3.21. The second-order valence-corrected chi connectivity index (χ2v) is 33.8. The average Bonchev–Trinajstić information content (AvgIpc) is 3.40. The van der Waals surface area contributed by atoms with Gasteiger partial charge in [-0.05, 0) is 98.6 Å². The van der Waals surface area contributed by atoms with E-state index in [1.54, 1.807) is 87.2 Å². The zero-order chi connectivity index (χ0) is 54.5. The SMILES string of the molecule is CCC(=O)c1ccc(-c2cc(-c3ccc(Cl)c(Cl)c3)ncn2)nc1.CNC(=O)c1cc[c]([Sn]([CH3])([CH3])[CH3])nc1.CNC(=O)c1ccc(Br)nc1.Clc1cc(-c2ccc(Cl)c(Cl)c2)ncn1.O=C(O)c1ccc(Br)nc1. The maximum Gasteiger partial charge on any atom is 0.337 e. The van der Waals surface area contributed by atoms with Gasteiger partial charge in [0.15, 0.2) is 5.78 Å². The Bertz CT molecular complexity index is 3180. The standard InChI is InChI=1S/C18H13Cl2N3O.C10H5Cl3N2.C7H7BrN2O.C7H7N2O.C6H4BrNO2.3CH3.Sn/c1-2-18(24)12-4-6-15(21-9-12)17-8-16(22-10-23-17)11-3-5-13(19)14(20)7-11;11-7-2-1-6(3-8(7)12)9-4-10(13)15-5-14-9;1-9-7(11)5-2-3-6(8)10-4-5;1-8-7(10)6-3-2-4-9-5-6;7-5-2-1-4(3-8-5)6(9)10;;;;/h3-10H,2H2,1H3;1-5H;2-4H,1H3,(H,9,11);2-3,5H,1H3,(H,8,10);1-3H,(H,9,10);3*1H3;. The third kappa shape index (κ3) is 19.6. The van der Waals surface area contributed by atoms with Gasteiger partial charge in [0.2, 0.25) is 0 Å². The van der Waals surface area contributed by atoms with Crippen LogP contribution in [-0.2, 0) is 0 Å². The summed E-state index contributed by atoms with van der Waals surface area (Å²) < 4.78 is 2.56. The van der Waals surface area contributed by atoms with Gasteiger partial charge >= 0.3 is 94.8 Å².